The summed E-state index contributed by atoms with van der Waals surface area (Å²) >= 11 is 15.0. The smallest absolute Gasteiger partial charge is 0.789 e. The van der Waals surface area contributed by atoms with Crippen LogP contribution in [0.25, 0.3) is 0 Å². The minimum absolute atomic E-state index is 0. The normalized spacial score (nSPS) is 16.7. The van der Waals surface area contributed by atoms with Gasteiger partial charge in [0.1, 0.15) is 0 Å². The minimum Gasteiger partial charge on any atom is -0.789 e. The molecular weight excluding hydrogens is 344 g/mol. The summed E-state index contributed by atoms with van der Waals surface area (Å²) in [5, 5.41) is 0. The third kappa shape index (κ3) is 11.2. The van der Waals surface area contributed by atoms with Crippen LogP contribution < -0.4 is 9.79 Å². The molecule has 1 unspecified atom stereocenters. The molecule has 0 heterocycles. The van der Waals surface area contributed by atoms with E-state index >= 15 is 0 Å². The van der Waals surface area contributed by atoms with Crippen molar-refractivity contribution in [3.8, 4) is 0 Å². The average molecular weight is 347 g/mol. The molecule has 0 aliphatic carbocycles. The summed E-state index contributed by atoms with van der Waals surface area (Å²) in [5.74, 6) is 0. The topological polar surface area (TPSA) is 108 Å². The van der Waals surface area contributed by atoms with Crippen LogP contribution in [0, 0.1) is 0 Å². The predicted octanol–water partition coefficient (Wildman–Crippen LogP) is 0.550. The molecule has 0 N–H and O–H groups in total. The Kier molecular flexibility index (Phi) is 9.33. The number of hydrogen-bond acceptors (Lipinski definition) is 7. The molecule has 0 aliphatic rings. The Labute approximate surface area is 130 Å². The molecule has 0 bridgehead atoms. The maximum absolute atomic E-state index is 11.1. The van der Waals surface area contributed by atoms with Gasteiger partial charge in [-0.2, -0.15) is 0 Å². The van der Waals surface area contributed by atoms with E-state index in [1.165, 1.54) is 0 Å². The maximum atomic E-state index is 11.1. The van der Waals surface area contributed by atoms with Crippen LogP contribution in [0.2, 0.25) is 0 Å². The van der Waals surface area contributed by atoms with Crippen LogP contribution >= 0.6 is 50.4 Å². The van der Waals surface area contributed by atoms with Gasteiger partial charge in [0.25, 0.3) is 0 Å². The summed E-state index contributed by atoms with van der Waals surface area (Å²) in [6.07, 6.45) is 0. The van der Waals surface area contributed by atoms with Gasteiger partial charge in [0.2, 0.25) is 0 Å². The summed E-state index contributed by atoms with van der Waals surface area (Å²) in [4.78, 5) is 20.2. The molecule has 13 heteroatoms. The van der Waals surface area contributed by atoms with Crippen LogP contribution in [0.4, 0.5) is 0 Å². The van der Waals surface area contributed by atoms with Gasteiger partial charge in [0.15, 0.2) is 0 Å². The second-order valence-corrected chi connectivity index (χ2v) is 6.86. The third-order valence-corrected chi connectivity index (χ3v) is 3.74. The largest absolute Gasteiger partial charge is 2.00 e. The van der Waals surface area contributed by atoms with Gasteiger partial charge in [-0.05, 0) is 0 Å². The summed E-state index contributed by atoms with van der Waals surface area (Å²) in [6, 6.07) is 0. The first-order chi connectivity index (χ1) is 5.97. The molecule has 0 aromatic rings. The van der Waals surface area contributed by atoms with E-state index < -0.39 is 19.6 Å². The molecule has 15 heavy (non-hydrogen) atoms. The fraction of sp³-hybridized carbons (Fsp3) is 1.00. The van der Waals surface area contributed by atoms with Crippen molar-refractivity contribution in [3.05, 3.63) is 0 Å². The van der Waals surface area contributed by atoms with E-state index in [1.54, 1.807) is 0 Å². The Bertz CT molecular complexity index is 284. The Balaban J connectivity index is 0. The standard InChI is InChI=1S/C2H5Cl3O7P2.Ca/c1-10-14(9,11-2(3,4)5)12-13(6,7)8;/h1H3,(H2,6,7,8);/q;+2/p-2. The minimum atomic E-state index is -5.58. The van der Waals surface area contributed by atoms with Gasteiger partial charge in [-0.25, -0.2) is 9.09 Å². The van der Waals surface area contributed by atoms with E-state index in [4.69, 9.17) is 34.8 Å². The van der Waals surface area contributed by atoms with E-state index in [-0.39, 0.29) is 37.7 Å². The molecule has 0 saturated carbocycles. The molecule has 0 amide bonds. The molecule has 0 radical (unpaired) electrons. The quantitative estimate of drug-likeness (QED) is 0.415. The number of rotatable bonds is 4. The number of hydrogen-bond donors (Lipinski definition) is 0. The Morgan fingerprint density at radius 2 is 1.60 bits per heavy atom. The van der Waals surface area contributed by atoms with E-state index in [1.807, 2.05) is 0 Å². The van der Waals surface area contributed by atoms with Crippen molar-refractivity contribution < 1.29 is 32.3 Å². The molecule has 0 aliphatic heterocycles. The van der Waals surface area contributed by atoms with Crippen LogP contribution in [0.15, 0.2) is 0 Å². The zero-order valence-electron chi connectivity index (χ0n) is 7.09. The van der Waals surface area contributed by atoms with Crippen LogP contribution in [0.3, 0.4) is 0 Å². The fourth-order valence-corrected chi connectivity index (χ4v) is 2.81. The van der Waals surface area contributed by atoms with Crippen molar-refractivity contribution in [2.75, 3.05) is 7.11 Å². The molecule has 0 fully saturated rings. The van der Waals surface area contributed by atoms with Crippen molar-refractivity contribution in [2.45, 2.75) is 3.98 Å². The molecular formula is C2H3CaCl3O7P2. The zero-order chi connectivity index (χ0) is 11.6. The van der Waals surface area contributed by atoms with Crippen LogP contribution in [0.1, 0.15) is 0 Å². The van der Waals surface area contributed by atoms with E-state index in [0.717, 1.165) is 7.11 Å². The van der Waals surface area contributed by atoms with E-state index in [9.17, 15) is 18.9 Å². The van der Waals surface area contributed by atoms with Gasteiger partial charge in [-0.3, -0.25) is 8.83 Å². The number of phosphoric ester groups is 1. The summed E-state index contributed by atoms with van der Waals surface area (Å²) in [7, 11) is -9.56. The van der Waals surface area contributed by atoms with Crippen molar-refractivity contribution >= 4 is 88.2 Å². The van der Waals surface area contributed by atoms with Crippen LogP contribution in [-0.4, -0.2) is 48.8 Å². The van der Waals surface area contributed by atoms with Crippen molar-refractivity contribution in [2.24, 2.45) is 0 Å². The summed E-state index contributed by atoms with van der Waals surface area (Å²) < 4.78 is 30.1. The van der Waals surface area contributed by atoms with Crippen molar-refractivity contribution in [3.63, 3.8) is 0 Å². The van der Waals surface area contributed by atoms with Crippen molar-refractivity contribution in [1.29, 1.82) is 0 Å². The van der Waals surface area contributed by atoms with Crippen molar-refractivity contribution in [1.82, 2.24) is 0 Å². The summed E-state index contributed by atoms with van der Waals surface area (Å²) in [6.45, 7) is 0. The maximum Gasteiger partial charge on any atom is 2.00 e. The first kappa shape index (κ1) is 19.7. The molecule has 7 nitrogen and oxygen atoms in total. The first-order valence-electron chi connectivity index (χ1n) is 2.64. The Morgan fingerprint density at radius 3 is 1.80 bits per heavy atom. The van der Waals surface area contributed by atoms with Crippen LogP contribution in [0.5, 0.6) is 0 Å². The predicted molar refractivity (Wildman–Crippen MR) is 50.4 cm³/mol. The molecule has 1 atom stereocenters. The molecule has 0 spiro atoms. The molecule has 0 saturated heterocycles. The third-order valence-electron chi connectivity index (χ3n) is 0.639. The summed E-state index contributed by atoms with van der Waals surface area (Å²) in [5.41, 5.74) is 0. The molecule has 86 valence electrons. The van der Waals surface area contributed by atoms with Gasteiger partial charge in [-0.1, -0.05) is 34.8 Å². The second-order valence-electron chi connectivity index (χ2n) is 1.70. The number of halogens is 3. The van der Waals surface area contributed by atoms with Gasteiger partial charge in [0.05, 0.1) is 7.82 Å². The number of phosphoric acid groups is 2. The molecule has 0 rings (SSSR count). The first-order valence-corrected chi connectivity index (χ1v) is 6.69. The van der Waals surface area contributed by atoms with Gasteiger partial charge in [0, 0.05) is 7.11 Å². The van der Waals surface area contributed by atoms with E-state index in [2.05, 4.69) is 13.4 Å². The monoisotopic (exact) mass is 346 g/mol. The SMILES string of the molecule is COP(=O)(OC(Cl)(Cl)Cl)OP(=O)([O-])[O-].[Ca+2]. The Hall–Kier alpha value is 2.39. The van der Waals surface area contributed by atoms with Gasteiger partial charge >= 0.3 is 49.5 Å². The zero-order valence-corrected chi connectivity index (χ0v) is 13.4. The Morgan fingerprint density at radius 1 is 1.20 bits per heavy atom. The second kappa shape index (κ2) is 7.10. The van der Waals surface area contributed by atoms with Crippen LogP contribution in [-0.2, 0) is 22.5 Å². The molecule has 0 aromatic heterocycles. The fourth-order valence-electron chi connectivity index (χ4n) is 0.337. The number of alkyl halides is 3. The van der Waals surface area contributed by atoms with Gasteiger partial charge in [-0.15, -0.1) is 0 Å². The van der Waals surface area contributed by atoms with E-state index in [0.29, 0.717) is 0 Å². The average Bonchev–Trinajstić information content (AvgIpc) is 1.78. The molecule has 0 aromatic carbocycles. The van der Waals surface area contributed by atoms with Gasteiger partial charge < -0.3 is 14.4 Å².